The molecule has 6 rings (SSSR count). The first-order valence-electron chi connectivity index (χ1n) is 11.1. The van der Waals surface area contributed by atoms with Gasteiger partial charge in [0.2, 0.25) is 0 Å². The summed E-state index contributed by atoms with van der Waals surface area (Å²) < 4.78 is 1.99. The molecule has 2 aliphatic rings. The number of aliphatic hydroxyl groups is 2. The second-order valence-corrected chi connectivity index (χ2v) is 9.84. The Labute approximate surface area is 195 Å². The summed E-state index contributed by atoms with van der Waals surface area (Å²) in [5, 5.41) is 28.1. The van der Waals surface area contributed by atoms with E-state index in [-0.39, 0.29) is 12.1 Å². The maximum Gasteiger partial charge on any atom is 0.143 e. The summed E-state index contributed by atoms with van der Waals surface area (Å²) in [5.41, 5.74) is 9.01. The summed E-state index contributed by atoms with van der Waals surface area (Å²) in [4.78, 5) is 13.1. The van der Waals surface area contributed by atoms with Crippen molar-refractivity contribution in [2.24, 2.45) is 5.41 Å². The second-order valence-electron chi connectivity index (χ2n) is 9.43. The Hall–Kier alpha value is -2.78. The van der Waals surface area contributed by atoms with Gasteiger partial charge in [0.15, 0.2) is 0 Å². The quantitative estimate of drug-likeness (QED) is 0.359. The van der Waals surface area contributed by atoms with Crippen molar-refractivity contribution in [3.63, 3.8) is 0 Å². The summed E-state index contributed by atoms with van der Waals surface area (Å²) in [5.74, 6) is 0.312. The number of hydrogen-bond acceptors (Lipinski definition) is 7. The fourth-order valence-corrected chi connectivity index (χ4v) is 5.90. The number of pyridine rings is 1. The van der Waals surface area contributed by atoms with Crippen molar-refractivity contribution in [3.05, 3.63) is 59.1 Å². The third-order valence-corrected chi connectivity index (χ3v) is 7.87. The van der Waals surface area contributed by atoms with E-state index in [4.69, 9.17) is 17.3 Å². The maximum atomic E-state index is 11.2. The predicted molar refractivity (Wildman–Crippen MR) is 127 cm³/mol. The predicted octanol–water partition coefficient (Wildman–Crippen LogP) is 2.91. The highest BCUT2D eigenvalue weighted by atomic mass is 35.5. The van der Waals surface area contributed by atoms with Crippen LogP contribution < -0.4 is 11.1 Å². The van der Waals surface area contributed by atoms with Crippen LogP contribution in [-0.4, -0.2) is 48.5 Å². The van der Waals surface area contributed by atoms with E-state index in [0.717, 1.165) is 33.2 Å². The van der Waals surface area contributed by atoms with Crippen molar-refractivity contribution >= 4 is 39.4 Å². The van der Waals surface area contributed by atoms with Crippen molar-refractivity contribution in [3.8, 4) is 0 Å². The van der Waals surface area contributed by atoms with E-state index in [1.807, 2.05) is 42.0 Å². The highest BCUT2D eigenvalue weighted by Crippen LogP contribution is 2.52. The molecule has 4 aromatic rings. The van der Waals surface area contributed by atoms with E-state index in [0.29, 0.717) is 30.2 Å². The number of nitrogens with two attached hydrogens (primary N) is 1. The number of fused-ring (bicyclic) bond motifs is 2. The summed E-state index contributed by atoms with van der Waals surface area (Å²) >= 11 is 6.11. The van der Waals surface area contributed by atoms with Gasteiger partial charge in [0.05, 0.1) is 28.4 Å². The van der Waals surface area contributed by atoms with Gasteiger partial charge in [0, 0.05) is 35.0 Å². The minimum atomic E-state index is -0.878. The molecule has 1 saturated carbocycles. The molecule has 1 aromatic carbocycles. The van der Waals surface area contributed by atoms with E-state index < -0.39 is 17.6 Å². The minimum Gasteiger partial charge on any atom is -0.390 e. The number of benzene rings is 1. The topological polar surface area (TPSA) is 122 Å². The molecule has 4 heterocycles. The van der Waals surface area contributed by atoms with Gasteiger partial charge in [-0.3, -0.25) is 0 Å². The molecule has 8 nitrogen and oxygen atoms in total. The first kappa shape index (κ1) is 20.8. The zero-order valence-electron chi connectivity index (χ0n) is 18.1. The Morgan fingerprint density at radius 1 is 1.18 bits per heavy atom. The average Bonchev–Trinajstić information content (AvgIpc) is 3.48. The van der Waals surface area contributed by atoms with Crippen LogP contribution in [-0.2, 0) is 0 Å². The number of anilines is 1. The Morgan fingerprint density at radius 3 is 2.88 bits per heavy atom. The van der Waals surface area contributed by atoms with E-state index in [1.54, 1.807) is 6.33 Å². The van der Waals surface area contributed by atoms with Crippen LogP contribution in [0.4, 0.5) is 5.82 Å². The number of nitrogen functional groups attached to an aromatic ring is 1. The molecule has 1 aliphatic carbocycles. The fourth-order valence-electron chi connectivity index (χ4n) is 5.74. The summed E-state index contributed by atoms with van der Waals surface area (Å²) in [6.07, 6.45) is 3.13. The SMILES string of the molecule is Cc1ncnc2c1ccn2[C@@H]1C[C@@]2(CN[C@@H](c3ccc4cc(Cl)c(N)nc4c3)C2)[C@@H](O)[C@H]1O. The van der Waals surface area contributed by atoms with E-state index in [2.05, 4.69) is 26.3 Å². The van der Waals surface area contributed by atoms with Crippen LogP contribution in [0, 0.1) is 12.3 Å². The number of rotatable bonds is 2. The summed E-state index contributed by atoms with van der Waals surface area (Å²) in [7, 11) is 0. The van der Waals surface area contributed by atoms with Gasteiger partial charge in [-0.05, 0) is 43.5 Å². The van der Waals surface area contributed by atoms with Crippen LogP contribution in [0.2, 0.25) is 5.02 Å². The molecule has 33 heavy (non-hydrogen) atoms. The third kappa shape index (κ3) is 3.13. The van der Waals surface area contributed by atoms with Gasteiger partial charge in [-0.2, -0.15) is 0 Å². The van der Waals surface area contributed by atoms with Crippen LogP contribution in [0.3, 0.4) is 0 Å². The Bertz CT molecular complexity index is 1390. The van der Waals surface area contributed by atoms with Crippen molar-refractivity contribution in [1.29, 1.82) is 0 Å². The Kier molecular flexibility index (Phi) is 4.64. The number of halogens is 1. The molecule has 1 spiro atoms. The van der Waals surface area contributed by atoms with Gasteiger partial charge >= 0.3 is 0 Å². The number of aromatic nitrogens is 4. The maximum absolute atomic E-state index is 11.2. The van der Waals surface area contributed by atoms with E-state index in [1.165, 1.54) is 0 Å². The second kappa shape index (κ2) is 7.36. The summed E-state index contributed by atoms with van der Waals surface area (Å²) in [6.45, 7) is 2.56. The Morgan fingerprint density at radius 2 is 2.03 bits per heavy atom. The lowest BCUT2D eigenvalue weighted by Gasteiger charge is -2.27. The molecular weight excluding hydrogens is 440 g/mol. The number of aryl methyl sites for hydroxylation is 1. The molecule has 0 radical (unpaired) electrons. The van der Waals surface area contributed by atoms with Gasteiger partial charge in [0.1, 0.15) is 23.9 Å². The van der Waals surface area contributed by atoms with Crippen molar-refractivity contribution in [2.45, 2.75) is 44.1 Å². The molecule has 5 atom stereocenters. The lowest BCUT2D eigenvalue weighted by molar-refractivity contribution is -0.0218. The van der Waals surface area contributed by atoms with Gasteiger partial charge in [-0.1, -0.05) is 23.7 Å². The van der Waals surface area contributed by atoms with Crippen LogP contribution in [0.5, 0.6) is 0 Å². The standard InChI is InChI=1S/C24H25ClN6O2/c1-12-15-4-5-31(23(15)29-11-28-12)19-9-24(21(33)20(19)32)8-18(27-10-24)14-3-2-13-6-16(25)22(26)30-17(13)7-14/h2-7,11,18-21,27,32-33H,8-10H2,1H3,(H2,26,30)/t18-,19-,20+,21+,24+/m1/s1. The third-order valence-electron chi connectivity index (χ3n) is 7.56. The first-order chi connectivity index (χ1) is 15.9. The average molecular weight is 465 g/mol. The lowest BCUT2D eigenvalue weighted by atomic mass is 9.80. The van der Waals surface area contributed by atoms with Crippen molar-refractivity contribution < 1.29 is 10.2 Å². The number of hydrogen-bond donors (Lipinski definition) is 4. The van der Waals surface area contributed by atoms with Crippen LogP contribution in [0.15, 0.2) is 42.9 Å². The van der Waals surface area contributed by atoms with Crippen LogP contribution >= 0.6 is 11.6 Å². The van der Waals surface area contributed by atoms with Gasteiger partial charge in [0.25, 0.3) is 0 Å². The lowest BCUT2D eigenvalue weighted by Crippen LogP contribution is -2.38. The fraction of sp³-hybridized carbons (Fsp3) is 0.375. The minimum absolute atomic E-state index is 0.0414. The smallest absolute Gasteiger partial charge is 0.143 e. The molecule has 1 saturated heterocycles. The molecular formula is C24H25ClN6O2. The normalized spacial score (nSPS) is 29.6. The number of nitrogens with one attached hydrogen (secondary N) is 1. The van der Waals surface area contributed by atoms with E-state index in [9.17, 15) is 10.2 Å². The molecule has 3 aromatic heterocycles. The number of aliphatic hydroxyl groups excluding tert-OH is 2. The monoisotopic (exact) mass is 464 g/mol. The van der Waals surface area contributed by atoms with Crippen LogP contribution in [0.25, 0.3) is 21.9 Å². The molecule has 5 N–H and O–H groups in total. The largest absolute Gasteiger partial charge is 0.390 e. The molecule has 170 valence electrons. The number of nitrogens with zero attached hydrogens (tertiary/aromatic N) is 4. The molecule has 1 aliphatic heterocycles. The van der Waals surface area contributed by atoms with Gasteiger partial charge in [-0.15, -0.1) is 0 Å². The van der Waals surface area contributed by atoms with Crippen molar-refractivity contribution in [1.82, 2.24) is 24.8 Å². The molecule has 0 unspecified atom stereocenters. The zero-order valence-corrected chi connectivity index (χ0v) is 18.9. The van der Waals surface area contributed by atoms with E-state index >= 15 is 0 Å². The molecule has 9 heteroatoms. The Balaban J connectivity index is 1.30. The van der Waals surface area contributed by atoms with Crippen LogP contribution in [0.1, 0.15) is 36.2 Å². The molecule has 0 bridgehead atoms. The first-order valence-corrected chi connectivity index (χ1v) is 11.5. The molecule has 0 amide bonds. The highest BCUT2D eigenvalue weighted by Gasteiger charge is 2.56. The van der Waals surface area contributed by atoms with Gasteiger partial charge in [-0.25, -0.2) is 15.0 Å². The van der Waals surface area contributed by atoms with Crippen molar-refractivity contribution in [2.75, 3.05) is 12.3 Å². The zero-order chi connectivity index (χ0) is 22.9. The van der Waals surface area contributed by atoms with Gasteiger partial charge < -0.3 is 25.8 Å². The highest BCUT2D eigenvalue weighted by molar-refractivity contribution is 6.33. The summed E-state index contributed by atoms with van der Waals surface area (Å²) in [6, 6.07) is 9.65. The molecule has 2 fully saturated rings.